The highest BCUT2D eigenvalue weighted by atomic mass is 19.1. The minimum Gasteiger partial charge on any atom is -0.481 e. The molecule has 0 aliphatic heterocycles. The number of aliphatic carboxylic acids is 1. The first-order valence-corrected chi connectivity index (χ1v) is 8.19. The summed E-state index contributed by atoms with van der Waals surface area (Å²) < 4.78 is 27.8. The molecule has 9 heteroatoms. The van der Waals surface area contributed by atoms with E-state index in [2.05, 4.69) is 10.4 Å². The van der Waals surface area contributed by atoms with E-state index in [9.17, 15) is 23.2 Å². The van der Waals surface area contributed by atoms with E-state index in [1.165, 1.54) is 36.4 Å². The highest BCUT2D eigenvalue weighted by Crippen LogP contribution is 2.18. The molecule has 1 aromatic heterocycles. The molecule has 144 valence electrons. The van der Waals surface area contributed by atoms with Crippen LogP contribution in [0.1, 0.15) is 28.5 Å². The second-order valence-corrected chi connectivity index (χ2v) is 6.00. The standard InChI is InChI=1S/C19H15F2N3O4/c20-12-4-1-3-11(7-12)15(10-18(26)27)22-19(28)16-9-17(25)24(23-16)14-6-2-5-13(21)8-14/h1-9,15,23H,10H2,(H,22,28)(H,26,27)/t15-/m0/s1. The van der Waals surface area contributed by atoms with E-state index in [0.29, 0.717) is 0 Å². The Kier molecular flexibility index (Phi) is 5.35. The zero-order valence-corrected chi connectivity index (χ0v) is 14.4. The second kappa shape index (κ2) is 7.87. The van der Waals surface area contributed by atoms with Gasteiger partial charge in [-0.25, -0.2) is 13.5 Å². The molecular weight excluding hydrogens is 372 g/mol. The van der Waals surface area contributed by atoms with Gasteiger partial charge in [-0.1, -0.05) is 18.2 Å². The van der Waals surface area contributed by atoms with Gasteiger partial charge in [0, 0.05) is 6.07 Å². The van der Waals surface area contributed by atoms with Gasteiger partial charge in [0.15, 0.2) is 0 Å². The molecule has 3 rings (SSSR count). The van der Waals surface area contributed by atoms with Crippen LogP contribution in [0.15, 0.2) is 59.4 Å². The number of aromatic nitrogens is 2. The Morgan fingerprint density at radius 2 is 1.75 bits per heavy atom. The topological polar surface area (TPSA) is 104 Å². The predicted molar refractivity (Wildman–Crippen MR) is 95.2 cm³/mol. The van der Waals surface area contributed by atoms with Crippen LogP contribution in [-0.2, 0) is 4.79 Å². The smallest absolute Gasteiger partial charge is 0.305 e. The van der Waals surface area contributed by atoms with Crippen molar-refractivity contribution in [1.82, 2.24) is 15.1 Å². The maximum absolute atomic E-state index is 13.5. The van der Waals surface area contributed by atoms with Gasteiger partial charge in [-0.15, -0.1) is 0 Å². The van der Waals surface area contributed by atoms with E-state index >= 15 is 0 Å². The van der Waals surface area contributed by atoms with Crippen LogP contribution in [0.3, 0.4) is 0 Å². The van der Waals surface area contributed by atoms with E-state index in [0.717, 1.165) is 22.9 Å². The van der Waals surface area contributed by atoms with Crippen molar-refractivity contribution >= 4 is 11.9 Å². The van der Waals surface area contributed by atoms with Gasteiger partial charge in [0.25, 0.3) is 11.5 Å². The van der Waals surface area contributed by atoms with Crippen molar-refractivity contribution in [3.8, 4) is 5.69 Å². The Hall–Kier alpha value is -3.75. The first-order valence-electron chi connectivity index (χ1n) is 8.19. The van der Waals surface area contributed by atoms with Crippen LogP contribution in [0, 0.1) is 11.6 Å². The molecule has 0 aliphatic carbocycles. The van der Waals surface area contributed by atoms with Crippen LogP contribution in [0.25, 0.3) is 5.69 Å². The summed E-state index contributed by atoms with van der Waals surface area (Å²) in [5, 5.41) is 14.1. The molecule has 3 N–H and O–H groups in total. The number of carbonyl (C=O) groups excluding carboxylic acids is 1. The number of nitrogens with zero attached hydrogens (tertiary/aromatic N) is 1. The lowest BCUT2D eigenvalue weighted by molar-refractivity contribution is -0.137. The summed E-state index contributed by atoms with van der Waals surface area (Å²) in [6.07, 6.45) is -0.482. The van der Waals surface area contributed by atoms with Crippen molar-refractivity contribution < 1.29 is 23.5 Å². The minimum absolute atomic E-state index is 0.152. The molecule has 0 aliphatic rings. The lowest BCUT2D eigenvalue weighted by Crippen LogP contribution is -2.30. The summed E-state index contributed by atoms with van der Waals surface area (Å²) in [7, 11) is 0. The van der Waals surface area contributed by atoms with Gasteiger partial charge >= 0.3 is 5.97 Å². The summed E-state index contributed by atoms with van der Waals surface area (Å²) in [5.74, 6) is -3.09. The van der Waals surface area contributed by atoms with E-state index in [1.807, 2.05) is 0 Å². The fourth-order valence-electron chi connectivity index (χ4n) is 2.71. The van der Waals surface area contributed by atoms with Crippen LogP contribution in [0.2, 0.25) is 0 Å². The van der Waals surface area contributed by atoms with Gasteiger partial charge in [-0.2, -0.15) is 0 Å². The molecule has 0 spiro atoms. The number of carboxylic acid groups (broad SMARTS) is 1. The lowest BCUT2D eigenvalue weighted by Gasteiger charge is -2.17. The molecule has 2 aromatic carbocycles. The van der Waals surface area contributed by atoms with Gasteiger partial charge in [-0.3, -0.25) is 19.5 Å². The number of hydrogen-bond acceptors (Lipinski definition) is 3. The number of hydrogen-bond donors (Lipinski definition) is 3. The number of benzene rings is 2. The zero-order chi connectivity index (χ0) is 20.3. The molecule has 0 fully saturated rings. The maximum atomic E-state index is 13.5. The summed E-state index contributed by atoms with van der Waals surface area (Å²) >= 11 is 0. The average Bonchev–Trinajstić information content (AvgIpc) is 3.03. The van der Waals surface area contributed by atoms with E-state index in [1.54, 1.807) is 0 Å². The zero-order valence-electron chi connectivity index (χ0n) is 14.4. The second-order valence-electron chi connectivity index (χ2n) is 6.00. The summed E-state index contributed by atoms with van der Waals surface area (Å²) in [6, 6.07) is 10.4. The molecule has 7 nitrogen and oxygen atoms in total. The van der Waals surface area contributed by atoms with Crippen molar-refractivity contribution in [2.24, 2.45) is 0 Å². The third kappa shape index (κ3) is 4.32. The molecule has 28 heavy (non-hydrogen) atoms. The van der Waals surface area contributed by atoms with E-state index in [4.69, 9.17) is 5.11 Å². The van der Waals surface area contributed by atoms with E-state index in [-0.39, 0.29) is 16.9 Å². The Labute approximate surface area is 157 Å². The van der Waals surface area contributed by atoms with Crippen molar-refractivity contribution in [2.45, 2.75) is 12.5 Å². The van der Waals surface area contributed by atoms with Crippen LogP contribution >= 0.6 is 0 Å². The molecule has 3 aromatic rings. The van der Waals surface area contributed by atoms with Gasteiger partial charge in [-0.05, 0) is 35.9 Å². The third-order valence-electron chi connectivity index (χ3n) is 3.97. The number of H-pyrrole nitrogens is 1. The summed E-state index contributed by atoms with van der Waals surface area (Å²) in [4.78, 5) is 35.7. The van der Waals surface area contributed by atoms with Gasteiger partial charge in [0.1, 0.15) is 17.3 Å². The fourth-order valence-corrected chi connectivity index (χ4v) is 2.71. The van der Waals surface area contributed by atoms with Gasteiger partial charge < -0.3 is 10.4 Å². The Morgan fingerprint density at radius 3 is 2.39 bits per heavy atom. The summed E-state index contributed by atoms with van der Waals surface area (Å²) in [6.45, 7) is 0. The molecule has 0 saturated heterocycles. The molecule has 1 amide bonds. The molecule has 1 heterocycles. The summed E-state index contributed by atoms with van der Waals surface area (Å²) in [5.41, 5.74) is -0.295. The Balaban J connectivity index is 1.87. The van der Waals surface area contributed by atoms with Gasteiger partial charge in [0.2, 0.25) is 0 Å². The molecule has 0 radical (unpaired) electrons. The number of halogens is 2. The Morgan fingerprint density at radius 1 is 1.07 bits per heavy atom. The van der Waals surface area contributed by atoms with Crippen molar-refractivity contribution in [3.05, 3.63) is 87.8 Å². The number of carboxylic acids is 1. The number of rotatable bonds is 6. The molecule has 0 bridgehead atoms. The van der Waals surface area contributed by atoms with Gasteiger partial charge in [0.05, 0.1) is 18.2 Å². The monoisotopic (exact) mass is 387 g/mol. The van der Waals surface area contributed by atoms with Crippen LogP contribution < -0.4 is 10.9 Å². The first-order chi connectivity index (χ1) is 13.3. The molecular formula is C19H15F2N3O4. The van der Waals surface area contributed by atoms with Crippen LogP contribution in [-0.4, -0.2) is 26.8 Å². The normalized spacial score (nSPS) is 11.8. The largest absolute Gasteiger partial charge is 0.481 e. The molecule has 1 atom stereocenters. The van der Waals surface area contributed by atoms with Crippen LogP contribution in [0.4, 0.5) is 8.78 Å². The number of aromatic amines is 1. The number of amides is 1. The van der Waals surface area contributed by atoms with Crippen LogP contribution in [0.5, 0.6) is 0 Å². The average molecular weight is 387 g/mol. The SMILES string of the molecule is O=C(O)C[C@H](NC(=O)c1cc(=O)n(-c2cccc(F)c2)[nH]1)c1cccc(F)c1. The lowest BCUT2D eigenvalue weighted by atomic mass is 10.0. The highest BCUT2D eigenvalue weighted by Gasteiger charge is 2.21. The third-order valence-corrected chi connectivity index (χ3v) is 3.97. The van der Waals surface area contributed by atoms with Crippen molar-refractivity contribution in [3.63, 3.8) is 0 Å². The minimum atomic E-state index is -1.19. The Bertz CT molecular complexity index is 1090. The van der Waals surface area contributed by atoms with E-state index < -0.39 is 41.5 Å². The first kappa shape index (κ1) is 19.0. The predicted octanol–water partition coefficient (Wildman–Crippen LogP) is 2.39. The quantitative estimate of drug-likeness (QED) is 0.604. The number of nitrogens with one attached hydrogen (secondary N) is 2. The number of carbonyl (C=O) groups is 2. The fraction of sp³-hybridized carbons (Fsp3) is 0.105. The molecule has 0 saturated carbocycles. The molecule has 0 unspecified atom stereocenters. The maximum Gasteiger partial charge on any atom is 0.305 e. The van der Waals surface area contributed by atoms with Crippen molar-refractivity contribution in [1.29, 1.82) is 0 Å². The van der Waals surface area contributed by atoms with Crippen molar-refractivity contribution in [2.75, 3.05) is 0 Å². The highest BCUT2D eigenvalue weighted by molar-refractivity contribution is 5.92.